The predicted octanol–water partition coefficient (Wildman–Crippen LogP) is 2.19. The minimum atomic E-state index is 0.592. The van der Waals surface area contributed by atoms with Crippen LogP contribution in [0.5, 0.6) is 0 Å². The van der Waals surface area contributed by atoms with Crippen molar-refractivity contribution in [2.24, 2.45) is 0 Å². The Bertz CT molecular complexity index is 607. The maximum atomic E-state index is 5.20. The maximum absolute atomic E-state index is 5.20. The van der Waals surface area contributed by atoms with E-state index in [2.05, 4.69) is 19.9 Å². The SMILES string of the molecule is c1cnc(-c2cccc(-c3cnco3)n2)nc1. The summed E-state index contributed by atoms with van der Waals surface area (Å²) in [6, 6.07) is 7.36. The molecule has 0 fully saturated rings. The van der Waals surface area contributed by atoms with Crippen molar-refractivity contribution in [3.63, 3.8) is 0 Å². The summed E-state index contributed by atoms with van der Waals surface area (Å²) in [7, 11) is 0. The highest BCUT2D eigenvalue weighted by atomic mass is 16.3. The van der Waals surface area contributed by atoms with Gasteiger partial charge >= 0.3 is 0 Å². The van der Waals surface area contributed by atoms with Gasteiger partial charge in [0, 0.05) is 12.4 Å². The molecule has 3 aromatic heterocycles. The van der Waals surface area contributed by atoms with Crippen molar-refractivity contribution < 1.29 is 4.42 Å². The molecular formula is C12H8N4O. The Morgan fingerprint density at radius 2 is 1.76 bits per heavy atom. The molecule has 0 radical (unpaired) electrons. The van der Waals surface area contributed by atoms with Crippen molar-refractivity contribution in [3.8, 4) is 23.0 Å². The predicted molar refractivity (Wildman–Crippen MR) is 60.8 cm³/mol. The van der Waals surface area contributed by atoms with E-state index in [0.29, 0.717) is 23.0 Å². The van der Waals surface area contributed by atoms with Gasteiger partial charge in [0.25, 0.3) is 0 Å². The fourth-order valence-corrected chi connectivity index (χ4v) is 1.47. The summed E-state index contributed by atoms with van der Waals surface area (Å²) in [6.07, 6.45) is 6.37. The zero-order chi connectivity index (χ0) is 11.5. The lowest BCUT2D eigenvalue weighted by Crippen LogP contribution is -1.91. The van der Waals surface area contributed by atoms with E-state index in [4.69, 9.17) is 4.42 Å². The molecule has 0 N–H and O–H groups in total. The highest BCUT2D eigenvalue weighted by molar-refractivity contribution is 5.57. The molecule has 0 atom stereocenters. The number of pyridine rings is 1. The Morgan fingerprint density at radius 3 is 2.53 bits per heavy atom. The minimum absolute atomic E-state index is 0.592. The summed E-state index contributed by atoms with van der Waals surface area (Å²) >= 11 is 0. The average Bonchev–Trinajstić information content (AvgIpc) is 2.94. The van der Waals surface area contributed by atoms with E-state index < -0.39 is 0 Å². The fraction of sp³-hybridized carbons (Fsp3) is 0. The van der Waals surface area contributed by atoms with Crippen molar-refractivity contribution in [3.05, 3.63) is 49.2 Å². The van der Waals surface area contributed by atoms with Crippen LogP contribution in [0.3, 0.4) is 0 Å². The Balaban J connectivity index is 2.06. The zero-order valence-corrected chi connectivity index (χ0v) is 8.82. The summed E-state index contributed by atoms with van der Waals surface area (Å²) in [5.74, 6) is 1.22. The molecular weight excluding hydrogens is 216 g/mol. The van der Waals surface area contributed by atoms with E-state index in [1.807, 2.05) is 18.2 Å². The Morgan fingerprint density at radius 1 is 0.941 bits per heavy atom. The van der Waals surface area contributed by atoms with Crippen LogP contribution in [0.25, 0.3) is 23.0 Å². The number of rotatable bonds is 2. The smallest absolute Gasteiger partial charge is 0.181 e. The van der Waals surface area contributed by atoms with Crippen molar-refractivity contribution in [1.29, 1.82) is 0 Å². The molecule has 0 aromatic carbocycles. The first-order valence-corrected chi connectivity index (χ1v) is 5.07. The van der Waals surface area contributed by atoms with Gasteiger partial charge in [0.05, 0.1) is 6.20 Å². The molecule has 0 unspecified atom stereocenters. The van der Waals surface area contributed by atoms with Gasteiger partial charge in [0.15, 0.2) is 18.0 Å². The summed E-state index contributed by atoms with van der Waals surface area (Å²) < 4.78 is 5.20. The lowest BCUT2D eigenvalue weighted by molar-refractivity contribution is 0.570. The third-order valence-electron chi connectivity index (χ3n) is 2.23. The fourth-order valence-electron chi connectivity index (χ4n) is 1.47. The highest BCUT2D eigenvalue weighted by Gasteiger charge is 2.06. The van der Waals surface area contributed by atoms with E-state index in [1.54, 1.807) is 24.7 Å². The maximum Gasteiger partial charge on any atom is 0.181 e. The molecule has 5 nitrogen and oxygen atoms in total. The molecule has 0 bridgehead atoms. The molecule has 0 saturated heterocycles. The first-order chi connectivity index (χ1) is 8.43. The van der Waals surface area contributed by atoms with Gasteiger partial charge in [-0.15, -0.1) is 0 Å². The first kappa shape index (κ1) is 9.65. The number of nitrogens with zero attached hydrogens (tertiary/aromatic N) is 4. The van der Waals surface area contributed by atoms with Gasteiger partial charge in [0.1, 0.15) is 11.4 Å². The van der Waals surface area contributed by atoms with Crippen LogP contribution < -0.4 is 0 Å². The number of oxazole rings is 1. The van der Waals surface area contributed by atoms with E-state index in [-0.39, 0.29) is 0 Å². The molecule has 17 heavy (non-hydrogen) atoms. The van der Waals surface area contributed by atoms with Gasteiger partial charge in [-0.3, -0.25) is 0 Å². The number of hydrogen-bond acceptors (Lipinski definition) is 5. The zero-order valence-electron chi connectivity index (χ0n) is 8.82. The van der Waals surface area contributed by atoms with Crippen molar-refractivity contribution in [2.75, 3.05) is 0 Å². The average molecular weight is 224 g/mol. The summed E-state index contributed by atoms with van der Waals surface area (Å²) in [5.41, 5.74) is 1.42. The molecule has 3 aromatic rings. The molecule has 3 heterocycles. The van der Waals surface area contributed by atoms with E-state index >= 15 is 0 Å². The van der Waals surface area contributed by atoms with Crippen LogP contribution in [0.4, 0.5) is 0 Å². The Hall–Kier alpha value is -2.56. The molecule has 0 aliphatic heterocycles. The van der Waals surface area contributed by atoms with Crippen LogP contribution >= 0.6 is 0 Å². The van der Waals surface area contributed by atoms with Crippen molar-refractivity contribution >= 4 is 0 Å². The third-order valence-corrected chi connectivity index (χ3v) is 2.23. The number of aromatic nitrogens is 4. The first-order valence-electron chi connectivity index (χ1n) is 5.07. The van der Waals surface area contributed by atoms with Gasteiger partial charge in [-0.05, 0) is 18.2 Å². The van der Waals surface area contributed by atoms with Crippen LogP contribution in [0.15, 0.2) is 53.7 Å². The standard InChI is InChI=1S/C12H8N4O/c1-3-9(11-7-13-8-17-11)16-10(4-1)12-14-5-2-6-15-12/h1-8H. The molecule has 0 aliphatic carbocycles. The van der Waals surface area contributed by atoms with Crippen molar-refractivity contribution in [2.45, 2.75) is 0 Å². The normalized spacial score (nSPS) is 10.4. The van der Waals surface area contributed by atoms with Gasteiger partial charge in [-0.2, -0.15) is 0 Å². The van der Waals surface area contributed by atoms with E-state index in [1.165, 1.54) is 6.39 Å². The topological polar surface area (TPSA) is 64.7 Å². The van der Waals surface area contributed by atoms with Crippen LogP contribution in [-0.2, 0) is 0 Å². The van der Waals surface area contributed by atoms with Gasteiger partial charge < -0.3 is 4.42 Å². The van der Waals surface area contributed by atoms with Gasteiger partial charge in [-0.25, -0.2) is 19.9 Å². The highest BCUT2D eigenvalue weighted by Crippen LogP contribution is 2.19. The van der Waals surface area contributed by atoms with E-state index in [0.717, 1.165) is 0 Å². The second-order valence-electron chi connectivity index (χ2n) is 3.35. The van der Waals surface area contributed by atoms with Crippen LogP contribution in [-0.4, -0.2) is 19.9 Å². The van der Waals surface area contributed by atoms with Crippen molar-refractivity contribution in [1.82, 2.24) is 19.9 Å². The molecule has 5 heteroatoms. The van der Waals surface area contributed by atoms with Crippen LogP contribution in [0, 0.1) is 0 Å². The summed E-state index contributed by atoms with van der Waals surface area (Å²) in [4.78, 5) is 16.6. The lowest BCUT2D eigenvalue weighted by atomic mass is 10.2. The van der Waals surface area contributed by atoms with Crippen LogP contribution in [0.2, 0.25) is 0 Å². The largest absolute Gasteiger partial charge is 0.442 e. The molecule has 0 saturated carbocycles. The quantitative estimate of drug-likeness (QED) is 0.667. The summed E-state index contributed by atoms with van der Waals surface area (Å²) in [6.45, 7) is 0. The molecule has 0 amide bonds. The third kappa shape index (κ3) is 1.90. The second-order valence-corrected chi connectivity index (χ2v) is 3.35. The number of hydrogen-bond donors (Lipinski definition) is 0. The molecule has 82 valence electrons. The monoisotopic (exact) mass is 224 g/mol. The Kier molecular flexibility index (Phi) is 2.34. The van der Waals surface area contributed by atoms with E-state index in [9.17, 15) is 0 Å². The van der Waals surface area contributed by atoms with Gasteiger partial charge in [-0.1, -0.05) is 6.07 Å². The molecule has 0 aliphatic rings. The summed E-state index contributed by atoms with van der Waals surface area (Å²) in [5, 5.41) is 0. The minimum Gasteiger partial charge on any atom is -0.442 e. The van der Waals surface area contributed by atoms with Gasteiger partial charge in [0.2, 0.25) is 0 Å². The molecule has 0 spiro atoms. The van der Waals surface area contributed by atoms with Crippen LogP contribution in [0.1, 0.15) is 0 Å². The second kappa shape index (κ2) is 4.13. The molecule has 3 rings (SSSR count). The Labute approximate surface area is 97.2 Å². The lowest BCUT2D eigenvalue weighted by Gasteiger charge is -2.00.